The number of anilines is 1. The van der Waals surface area contributed by atoms with E-state index in [0.717, 1.165) is 11.1 Å². The number of nitrogens with zero attached hydrogens (tertiary/aromatic N) is 1. The Morgan fingerprint density at radius 1 is 1.12 bits per heavy atom. The van der Waals surface area contributed by atoms with Gasteiger partial charge < -0.3 is 5.32 Å². The number of halogens is 1. The minimum atomic E-state index is -3.41. The van der Waals surface area contributed by atoms with Crippen LogP contribution in [-0.2, 0) is 21.4 Å². The van der Waals surface area contributed by atoms with Crippen molar-refractivity contribution in [3.63, 3.8) is 0 Å². The Balaban J connectivity index is 1.88. The van der Waals surface area contributed by atoms with Crippen LogP contribution in [0.25, 0.3) is 0 Å². The summed E-state index contributed by atoms with van der Waals surface area (Å²) in [6, 6.07) is 14.6. The van der Waals surface area contributed by atoms with E-state index in [2.05, 4.69) is 5.32 Å². The molecule has 2 rings (SSSR count). The van der Waals surface area contributed by atoms with Crippen LogP contribution >= 0.6 is 11.6 Å². The van der Waals surface area contributed by atoms with Gasteiger partial charge in [0, 0.05) is 24.5 Å². The Hall–Kier alpha value is -2.05. The number of hydrogen-bond donors (Lipinski definition) is 1. The largest absolute Gasteiger partial charge is 0.352 e. The van der Waals surface area contributed by atoms with Gasteiger partial charge in [0.2, 0.25) is 15.9 Å². The number of sulfonamides is 1. The molecule has 5 nitrogen and oxygen atoms in total. The van der Waals surface area contributed by atoms with Crippen LogP contribution in [0.1, 0.15) is 24.0 Å². The third kappa shape index (κ3) is 6.04. The Kier molecular flexibility index (Phi) is 7.06. The predicted molar refractivity (Wildman–Crippen MR) is 106 cm³/mol. The molecule has 2 aromatic carbocycles. The van der Waals surface area contributed by atoms with E-state index in [0.29, 0.717) is 23.7 Å². The zero-order chi connectivity index (χ0) is 19.2. The number of carbonyl (C=O) groups excluding carboxylic acids is 1. The van der Waals surface area contributed by atoms with Gasteiger partial charge in [0.05, 0.1) is 11.9 Å². The lowest BCUT2D eigenvalue weighted by molar-refractivity contribution is -0.121. The van der Waals surface area contributed by atoms with Crippen LogP contribution in [0, 0.1) is 6.92 Å². The van der Waals surface area contributed by atoms with Crippen LogP contribution in [-0.4, -0.2) is 27.1 Å². The van der Waals surface area contributed by atoms with Gasteiger partial charge in [0.15, 0.2) is 0 Å². The number of rotatable bonds is 8. The molecule has 0 aliphatic carbocycles. The highest BCUT2D eigenvalue weighted by Gasteiger charge is 2.18. The summed E-state index contributed by atoms with van der Waals surface area (Å²) in [6.45, 7) is 2.55. The maximum absolute atomic E-state index is 12.1. The number of nitrogens with one attached hydrogen (secondary N) is 1. The fourth-order valence-corrected chi connectivity index (χ4v) is 3.73. The van der Waals surface area contributed by atoms with Crippen molar-refractivity contribution in [1.29, 1.82) is 0 Å². The molecule has 1 N–H and O–H groups in total. The third-order valence-electron chi connectivity index (χ3n) is 3.95. The first-order valence-electron chi connectivity index (χ1n) is 8.32. The first-order valence-corrected chi connectivity index (χ1v) is 10.5. The number of benzene rings is 2. The van der Waals surface area contributed by atoms with Gasteiger partial charge in [-0.1, -0.05) is 41.9 Å². The molecule has 0 spiro atoms. The molecule has 0 radical (unpaired) electrons. The van der Waals surface area contributed by atoms with Crippen molar-refractivity contribution in [3.05, 3.63) is 64.7 Å². The molecule has 1 amide bonds. The van der Waals surface area contributed by atoms with E-state index in [1.54, 1.807) is 24.3 Å². The van der Waals surface area contributed by atoms with Crippen LogP contribution < -0.4 is 9.62 Å². The Morgan fingerprint density at radius 3 is 2.38 bits per heavy atom. The quantitative estimate of drug-likeness (QED) is 0.745. The molecule has 2 aromatic rings. The number of aryl methyl sites for hydroxylation is 1. The maximum atomic E-state index is 12.1. The van der Waals surface area contributed by atoms with Crippen molar-refractivity contribution in [2.75, 3.05) is 17.1 Å². The van der Waals surface area contributed by atoms with Gasteiger partial charge >= 0.3 is 0 Å². The Morgan fingerprint density at radius 2 is 1.77 bits per heavy atom. The monoisotopic (exact) mass is 394 g/mol. The molecule has 0 bridgehead atoms. The van der Waals surface area contributed by atoms with Crippen molar-refractivity contribution in [2.45, 2.75) is 26.3 Å². The highest BCUT2D eigenvalue weighted by atomic mass is 35.5. The highest BCUT2D eigenvalue weighted by molar-refractivity contribution is 7.92. The molecule has 7 heteroatoms. The second-order valence-corrected chi connectivity index (χ2v) is 8.47. The summed E-state index contributed by atoms with van der Waals surface area (Å²) < 4.78 is 25.6. The van der Waals surface area contributed by atoms with Crippen LogP contribution in [0.4, 0.5) is 5.69 Å². The fraction of sp³-hybridized carbons (Fsp3) is 0.316. The summed E-state index contributed by atoms with van der Waals surface area (Å²) in [5.74, 6) is -0.113. The molecule has 0 aliphatic heterocycles. The lowest BCUT2D eigenvalue weighted by Gasteiger charge is -2.24. The Labute approximate surface area is 160 Å². The number of hydrogen-bond acceptors (Lipinski definition) is 3. The molecule has 0 unspecified atom stereocenters. The standard InChI is InChI=1S/C19H23ClN2O3S/c1-15-6-3-4-7-18(15)22(26(2,24)25)13-5-8-19(23)21-14-16-9-11-17(20)12-10-16/h3-4,6-7,9-12H,5,8,13-14H2,1-2H3,(H,21,23). The van der Waals surface area contributed by atoms with Crippen LogP contribution in [0.15, 0.2) is 48.5 Å². The van der Waals surface area contributed by atoms with Gasteiger partial charge in [-0.15, -0.1) is 0 Å². The molecule has 0 aliphatic rings. The molecule has 0 atom stereocenters. The Bertz CT molecular complexity index is 851. The molecule has 140 valence electrons. The molecule has 0 heterocycles. The second-order valence-electron chi connectivity index (χ2n) is 6.13. The van der Waals surface area contributed by atoms with Gasteiger partial charge in [-0.3, -0.25) is 9.10 Å². The molecular formula is C19H23ClN2O3S. The van der Waals surface area contributed by atoms with E-state index in [4.69, 9.17) is 11.6 Å². The van der Waals surface area contributed by atoms with E-state index < -0.39 is 10.0 Å². The van der Waals surface area contributed by atoms with Crippen LogP contribution in [0.3, 0.4) is 0 Å². The first kappa shape index (κ1) is 20.3. The van der Waals surface area contributed by atoms with Crippen molar-refractivity contribution < 1.29 is 13.2 Å². The molecular weight excluding hydrogens is 372 g/mol. The number of amides is 1. The van der Waals surface area contributed by atoms with Crippen molar-refractivity contribution in [1.82, 2.24) is 5.32 Å². The molecule has 0 saturated heterocycles. The average Bonchev–Trinajstić information content (AvgIpc) is 2.58. The summed E-state index contributed by atoms with van der Waals surface area (Å²) in [7, 11) is -3.41. The minimum Gasteiger partial charge on any atom is -0.352 e. The van der Waals surface area contributed by atoms with Crippen molar-refractivity contribution >= 4 is 33.2 Å². The lowest BCUT2D eigenvalue weighted by Crippen LogP contribution is -2.32. The van der Waals surface area contributed by atoms with E-state index in [9.17, 15) is 13.2 Å². The van der Waals surface area contributed by atoms with E-state index in [1.165, 1.54) is 10.6 Å². The van der Waals surface area contributed by atoms with Crippen molar-refractivity contribution in [3.8, 4) is 0 Å². The topological polar surface area (TPSA) is 66.5 Å². The lowest BCUT2D eigenvalue weighted by atomic mass is 10.2. The summed E-state index contributed by atoms with van der Waals surface area (Å²) in [5.41, 5.74) is 2.49. The highest BCUT2D eigenvalue weighted by Crippen LogP contribution is 2.22. The third-order valence-corrected chi connectivity index (χ3v) is 5.38. The van der Waals surface area contributed by atoms with Gasteiger partial charge in [-0.2, -0.15) is 0 Å². The van der Waals surface area contributed by atoms with E-state index >= 15 is 0 Å². The van der Waals surface area contributed by atoms with Crippen LogP contribution in [0.5, 0.6) is 0 Å². The normalized spacial score (nSPS) is 11.2. The summed E-state index contributed by atoms with van der Waals surface area (Å²) in [5, 5.41) is 3.48. The number of para-hydroxylation sites is 1. The maximum Gasteiger partial charge on any atom is 0.232 e. The average molecular weight is 395 g/mol. The van der Waals surface area contributed by atoms with Gasteiger partial charge in [-0.05, 0) is 42.7 Å². The van der Waals surface area contributed by atoms with Gasteiger partial charge in [-0.25, -0.2) is 8.42 Å². The zero-order valence-corrected chi connectivity index (χ0v) is 16.5. The minimum absolute atomic E-state index is 0.113. The van der Waals surface area contributed by atoms with Gasteiger partial charge in [0.1, 0.15) is 0 Å². The van der Waals surface area contributed by atoms with E-state index in [-0.39, 0.29) is 18.9 Å². The number of carbonyl (C=O) groups is 1. The van der Waals surface area contributed by atoms with Crippen LogP contribution in [0.2, 0.25) is 5.02 Å². The molecule has 0 saturated carbocycles. The summed E-state index contributed by atoms with van der Waals surface area (Å²) in [4.78, 5) is 12.0. The SMILES string of the molecule is Cc1ccccc1N(CCCC(=O)NCc1ccc(Cl)cc1)S(C)(=O)=O. The van der Waals surface area contributed by atoms with Gasteiger partial charge in [0.25, 0.3) is 0 Å². The smallest absolute Gasteiger partial charge is 0.232 e. The molecule has 26 heavy (non-hydrogen) atoms. The van der Waals surface area contributed by atoms with Crippen molar-refractivity contribution in [2.24, 2.45) is 0 Å². The first-order chi connectivity index (χ1) is 12.3. The van der Waals surface area contributed by atoms with E-state index in [1.807, 2.05) is 31.2 Å². The zero-order valence-electron chi connectivity index (χ0n) is 14.9. The molecule has 0 aromatic heterocycles. The summed E-state index contributed by atoms with van der Waals surface area (Å²) >= 11 is 5.83. The summed E-state index contributed by atoms with van der Waals surface area (Å²) in [6.07, 6.45) is 1.87. The molecule has 0 fully saturated rings. The predicted octanol–water partition coefficient (Wildman–Crippen LogP) is 3.51. The second kappa shape index (κ2) is 9.05. The fourth-order valence-electron chi connectivity index (χ4n) is 2.58.